The molecule has 102 valence electrons. The fourth-order valence-corrected chi connectivity index (χ4v) is 2.91. The van der Waals surface area contributed by atoms with Gasteiger partial charge in [0.05, 0.1) is 6.54 Å². The van der Waals surface area contributed by atoms with Gasteiger partial charge in [0.15, 0.2) is 0 Å². The van der Waals surface area contributed by atoms with Crippen molar-refractivity contribution in [2.24, 2.45) is 11.7 Å². The summed E-state index contributed by atoms with van der Waals surface area (Å²) >= 11 is 0. The first-order valence-electron chi connectivity index (χ1n) is 6.93. The van der Waals surface area contributed by atoms with Crippen molar-refractivity contribution in [2.45, 2.75) is 32.1 Å². The minimum absolute atomic E-state index is 0.262. The molecule has 2 amide bonds. The lowest BCUT2D eigenvalue weighted by atomic mass is 9.93. The zero-order valence-electron chi connectivity index (χ0n) is 10.9. The molecule has 0 radical (unpaired) electrons. The highest BCUT2D eigenvalue weighted by atomic mass is 16.2. The molecule has 2 N–H and O–H groups in total. The first kappa shape index (κ1) is 13.3. The van der Waals surface area contributed by atoms with Crippen LogP contribution in [0.25, 0.3) is 0 Å². The topological polar surface area (TPSA) is 66.6 Å². The molecule has 0 aliphatic carbocycles. The Labute approximate surface area is 108 Å². The number of hydrogen-bond acceptors (Lipinski definition) is 3. The predicted molar refractivity (Wildman–Crippen MR) is 68.8 cm³/mol. The van der Waals surface area contributed by atoms with E-state index in [2.05, 4.69) is 4.90 Å². The predicted octanol–water partition coefficient (Wildman–Crippen LogP) is 0.196. The number of nitrogens with two attached hydrogens (primary N) is 1. The van der Waals surface area contributed by atoms with E-state index in [9.17, 15) is 9.59 Å². The minimum atomic E-state index is -0.262. The standard InChI is InChI=1S/C13H23N3O2/c14-12(17)10-15-7-3-11(4-8-15)9-13(18)16-5-1-2-6-16/h11H,1-10H2,(H2,14,17). The van der Waals surface area contributed by atoms with Gasteiger partial charge in [0.25, 0.3) is 0 Å². The van der Waals surface area contributed by atoms with Gasteiger partial charge < -0.3 is 10.6 Å². The molecule has 5 heteroatoms. The first-order valence-corrected chi connectivity index (χ1v) is 6.93. The van der Waals surface area contributed by atoms with Crippen molar-refractivity contribution in [1.82, 2.24) is 9.80 Å². The number of primary amides is 1. The maximum atomic E-state index is 12.0. The second-order valence-corrected chi connectivity index (χ2v) is 5.48. The van der Waals surface area contributed by atoms with Crippen LogP contribution in [0, 0.1) is 5.92 Å². The van der Waals surface area contributed by atoms with Gasteiger partial charge in [-0.3, -0.25) is 14.5 Å². The summed E-state index contributed by atoms with van der Waals surface area (Å²) < 4.78 is 0. The number of piperidine rings is 1. The zero-order chi connectivity index (χ0) is 13.0. The molecular formula is C13H23N3O2. The second kappa shape index (κ2) is 6.18. The third kappa shape index (κ3) is 3.70. The van der Waals surface area contributed by atoms with Gasteiger partial charge in [0.1, 0.15) is 0 Å². The minimum Gasteiger partial charge on any atom is -0.369 e. The molecule has 0 atom stereocenters. The summed E-state index contributed by atoms with van der Waals surface area (Å²) in [5.41, 5.74) is 5.18. The van der Waals surface area contributed by atoms with Crippen LogP contribution < -0.4 is 5.73 Å². The van der Waals surface area contributed by atoms with E-state index in [0.29, 0.717) is 24.8 Å². The van der Waals surface area contributed by atoms with Crippen LogP contribution in [0.4, 0.5) is 0 Å². The van der Waals surface area contributed by atoms with E-state index in [-0.39, 0.29) is 5.91 Å². The lowest BCUT2D eigenvalue weighted by Gasteiger charge is -2.31. The van der Waals surface area contributed by atoms with Crippen molar-refractivity contribution < 1.29 is 9.59 Å². The number of hydrogen-bond donors (Lipinski definition) is 1. The van der Waals surface area contributed by atoms with Gasteiger partial charge in [-0.05, 0) is 44.7 Å². The molecule has 2 heterocycles. The smallest absolute Gasteiger partial charge is 0.231 e. The van der Waals surface area contributed by atoms with Crippen LogP contribution >= 0.6 is 0 Å². The maximum Gasteiger partial charge on any atom is 0.231 e. The first-order chi connectivity index (χ1) is 8.65. The number of nitrogens with zero attached hydrogens (tertiary/aromatic N) is 2. The number of amides is 2. The van der Waals surface area contributed by atoms with Crippen LogP contribution in [0.15, 0.2) is 0 Å². The fraction of sp³-hybridized carbons (Fsp3) is 0.846. The monoisotopic (exact) mass is 253 g/mol. The van der Waals surface area contributed by atoms with Gasteiger partial charge in [-0.1, -0.05) is 0 Å². The van der Waals surface area contributed by atoms with E-state index in [1.54, 1.807) is 0 Å². The molecule has 0 aromatic heterocycles. The van der Waals surface area contributed by atoms with Crippen molar-refractivity contribution in [3.63, 3.8) is 0 Å². The van der Waals surface area contributed by atoms with Crippen molar-refractivity contribution in [3.05, 3.63) is 0 Å². The molecule has 0 aromatic carbocycles. The molecule has 2 aliphatic rings. The van der Waals surface area contributed by atoms with Crippen LogP contribution in [0.3, 0.4) is 0 Å². The summed E-state index contributed by atoms with van der Waals surface area (Å²) in [6.45, 7) is 4.02. The van der Waals surface area contributed by atoms with Crippen LogP contribution in [0.1, 0.15) is 32.1 Å². The molecule has 2 saturated heterocycles. The van der Waals surface area contributed by atoms with E-state index < -0.39 is 0 Å². The highest BCUT2D eigenvalue weighted by Crippen LogP contribution is 2.22. The molecular weight excluding hydrogens is 230 g/mol. The SMILES string of the molecule is NC(=O)CN1CCC(CC(=O)N2CCCC2)CC1. The largest absolute Gasteiger partial charge is 0.369 e. The van der Waals surface area contributed by atoms with Crippen molar-refractivity contribution in [2.75, 3.05) is 32.7 Å². The van der Waals surface area contributed by atoms with Gasteiger partial charge in [-0.2, -0.15) is 0 Å². The van der Waals surface area contributed by atoms with E-state index in [4.69, 9.17) is 5.73 Å². The van der Waals surface area contributed by atoms with Crippen molar-refractivity contribution in [1.29, 1.82) is 0 Å². The molecule has 5 nitrogen and oxygen atoms in total. The van der Waals surface area contributed by atoms with Gasteiger partial charge in [-0.25, -0.2) is 0 Å². The molecule has 18 heavy (non-hydrogen) atoms. The van der Waals surface area contributed by atoms with Crippen molar-refractivity contribution in [3.8, 4) is 0 Å². The molecule has 0 aromatic rings. The Hall–Kier alpha value is -1.10. The highest BCUT2D eigenvalue weighted by Gasteiger charge is 2.25. The number of carbonyl (C=O) groups excluding carboxylic acids is 2. The third-order valence-electron chi connectivity index (χ3n) is 4.01. The lowest BCUT2D eigenvalue weighted by Crippen LogP contribution is -2.40. The van der Waals surface area contributed by atoms with Crippen LogP contribution in [0.5, 0.6) is 0 Å². The molecule has 0 unspecified atom stereocenters. The molecule has 0 spiro atoms. The van der Waals surface area contributed by atoms with E-state index >= 15 is 0 Å². The van der Waals surface area contributed by atoms with E-state index in [0.717, 1.165) is 51.9 Å². The molecule has 0 bridgehead atoms. The van der Waals surface area contributed by atoms with Gasteiger partial charge in [-0.15, -0.1) is 0 Å². The summed E-state index contributed by atoms with van der Waals surface area (Å²) in [6.07, 6.45) is 5.01. The quantitative estimate of drug-likeness (QED) is 0.778. The Morgan fingerprint density at radius 1 is 1.06 bits per heavy atom. The summed E-state index contributed by atoms with van der Waals surface area (Å²) in [5.74, 6) is 0.546. The third-order valence-corrected chi connectivity index (χ3v) is 4.01. The number of rotatable bonds is 4. The average Bonchev–Trinajstić information content (AvgIpc) is 2.84. The van der Waals surface area contributed by atoms with Gasteiger partial charge >= 0.3 is 0 Å². The Morgan fingerprint density at radius 3 is 2.22 bits per heavy atom. The van der Waals surface area contributed by atoms with Crippen molar-refractivity contribution >= 4 is 11.8 Å². The maximum absolute atomic E-state index is 12.0. The summed E-state index contributed by atoms with van der Waals surface area (Å²) in [7, 11) is 0. The van der Waals surface area contributed by atoms with E-state index in [1.165, 1.54) is 0 Å². The Kier molecular flexibility index (Phi) is 4.58. The van der Waals surface area contributed by atoms with Gasteiger partial charge in [0, 0.05) is 19.5 Å². The van der Waals surface area contributed by atoms with Crippen LogP contribution in [0.2, 0.25) is 0 Å². The van der Waals surface area contributed by atoms with E-state index in [1.807, 2.05) is 4.90 Å². The average molecular weight is 253 g/mol. The Bertz CT molecular complexity index is 305. The molecule has 2 fully saturated rings. The van der Waals surface area contributed by atoms with Crippen LogP contribution in [-0.4, -0.2) is 54.3 Å². The molecule has 2 aliphatic heterocycles. The molecule has 0 saturated carbocycles. The fourth-order valence-electron chi connectivity index (χ4n) is 2.91. The summed E-state index contributed by atoms with van der Waals surface area (Å²) in [5, 5.41) is 0. The summed E-state index contributed by atoms with van der Waals surface area (Å²) in [4.78, 5) is 26.9. The molecule has 2 rings (SSSR count). The summed E-state index contributed by atoms with van der Waals surface area (Å²) in [6, 6.07) is 0. The number of carbonyl (C=O) groups is 2. The Morgan fingerprint density at radius 2 is 1.67 bits per heavy atom. The zero-order valence-corrected chi connectivity index (χ0v) is 10.9. The number of likely N-dealkylation sites (tertiary alicyclic amines) is 2. The van der Waals surface area contributed by atoms with Crippen LogP contribution in [-0.2, 0) is 9.59 Å². The Balaban J connectivity index is 1.69. The normalized spacial score (nSPS) is 22.3. The highest BCUT2D eigenvalue weighted by molar-refractivity contribution is 5.77. The lowest BCUT2D eigenvalue weighted by molar-refractivity contribution is -0.131. The second-order valence-electron chi connectivity index (χ2n) is 5.48. The van der Waals surface area contributed by atoms with Gasteiger partial charge in [0.2, 0.25) is 11.8 Å².